The minimum absolute atomic E-state index is 0.886. The molecule has 2 nitrogen and oxygen atoms in total. The third kappa shape index (κ3) is 4.54. The Morgan fingerprint density at radius 1 is 1.46 bits per heavy atom. The molecule has 0 saturated heterocycles. The van der Waals surface area contributed by atoms with E-state index in [1.165, 1.54) is 0 Å². The van der Waals surface area contributed by atoms with Crippen molar-refractivity contribution in [2.45, 2.75) is 32.5 Å². The van der Waals surface area contributed by atoms with Gasteiger partial charge in [-0.25, -0.2) is 0 Å². The van der Waals surface area contributed by atoms with Gasteiger partial charge in [-0.1, -0.05) is 24.8 Å². The number of rotatable bonds is 2. The van der Waals surface area contributed by atoms with Crippen molar-refractivity contribution in [1.29, 1.82) is 0 Å². The highest BCUT2D eigenvalue weighted by atomic mass is 28.3. The first-order valence-corrected chi connectivity index (χ1v) is 7.97. The summed E-state index contributed by atoms with van der Waals surface area (Å²) in [6, 6.07) is 1.89. The zero-order valence-electron chi connectivity index (χ0n) is 8.42. The fourth-order valence-corrected chi connectivity index (χ4v) is 1.54. The van der Waals surface area contributed by atoms with E-state index in [0.717, 1.165) is 18.5 Å². The minimum atomic E-state index is -1.18. The van der Waals surface area contributed by atoms with Gasteiger partial charge in [-0.2, -0.15) is 0 Å². The fraction of sp³-hybridized carbons (Fsp3) is 0.500. The predicted molar refractivity (Wildman–Crippen MR) is 55.9 cm³/mol. The Labute approximate surface area is 80.3 Å². The predicted octanol–water partition coefficient (Wildman–Crippen LogP) is 2.49. The van der Waals surface area contributed by atoms with Crippen LogP contribution in [0.3, 0.4) is 0 Å². The lowest BCUT2D eigenvalue weighted by atomic mass is 10.2. The quantitative estimate of drug-likeness (QED) is 0.533. The zero-order valence-corrected chi connectivity index (χ0v) is 9.42. The number of hydrogen-bond acceptors (Lipinski definition) is 2. The van der Waals surface area contributed by atoms with Crippen LogP contribution in [0.25, 0.3) is 0 Å². The molecular weight excluding hydrogens is 178 g/mol. The maximum absolute atomic E-state index is 4.72. The van der Waals surface area contributed by atoms with Gasteiger partial charge in [0.2, 0.25) is 0 Å². The molecule has 0 atom stereocenters. The average Bonchev–Trinajstić information content (AvgIpc) is 2.48. The molecule has 0 saturated carbocycles. The lowest BCUT2D eigenvalue weighted by molar-refractivity contribution is 0.412. The molecule has 1 heterocycles. The number of hydrogen-bond donors (Lipinski definition) is 0. The molecule has 1 rings (SSSR count). The minimum Gasteiger partial charge on any atom is -0.365 e. The fourth-order valence-electron chi connectivity index (χ4n) is 0.885. The summed E-state index contributed by atoms with van der Waals surface area (Å²) in [5, 5.41) is 3.82. The summed E-state index contributed by atoms with van der Waals surface area (Å²) < 4.78 is 4.72. The van der Waals surface area contributed by atoms with Gasteiger partial charge in [0.15, 0.2) is 0 Å². The molecule has 0 bridgehead atoms. The normalized spacial score (nSPS) is 10.7. The average molecular weight is 193 g/mol. The molecule has 70 valence electrons. The van der Waals surface area contributed by atoms with Crippen molar-refractivity contribution >= 4 is 8.07 Å². The summed E-state index contributed by atoms with van der Waals surface area (Å²) in [6.07, 6.45) is 3.38. The molecule has 0 N–H and O–H groups in total. The van der Waals surface area contributed by atoms with E-state index in [1.54, 1.807) is 6.26 Å². The summed E-state index contributed by atoms with van der Waals surface area (Å²) in [4.78, 5) is 0. The van der Waals surface area contributed by atoms with Gasteiger partial charge in [0.25, 0.3) is 0 Å². The SMILES string of the molecule is C[Si](C)(C)C#CCCc1ccon1. The zero-order chi connectivity index (χ0) is 9.73. The molecule has 0 aliphatic heterocycles. The van der Waals surface area contributed by atoms with Crippen LogP contribution in [0, 0.1) is 11.5 Å². The van der Waals surface area contributed by atoms with Crippen LogP contribution in [0.4, 0.5) is 0 Å². The van der Waals surface area contributed by atoms with E-state index in [4.69, 9.17) is 4.52 Å². The van der Waals surface area contributed by atoms with Gasteiger partial charge in [0.05, 0.1) is 5.69 Å². The highest BCUT2D eigenvalue weighted by molar-refractivity contribution is 6.83. The third-order valence-electron chi connectivity index (χ3n) is 1.46. The number of nitrogens with zero attached hydrogens (tertiary/aromatic N) is 1. The molecule has 1 aromatic heterocycles. The van der Waals surface area contributed by atoms with Crippen LogP contribution in [0.1, 0.15) is 12.1 Å². The third-order valence-corrected chi connectivity index (χ3v) is 2.39. The van der Waals surface area contributed by atoms with Crippen LogP contribution >= 0.6 is 0 Å². The van der Waals surface area contributed by atoms with Crippen LogP contribution < -0.4 is 0 Å². The lowest BCUT2D eigenvalue weighted by Crippen LogP contribution is -2.16. The van der Waals surface area contributed by atoms with Gasteiger partial charge >= 0.3 is 0 Å². The second-order valence-electron chi connectivity index (χ2n) is 4.04. The molecule has 1 aromatic rings. The van der Waals surface area contributed by atoms with Gasteiger partial charge in [-0.15, -0.1) is 11.5 Å². The summed E-state index contributed by atoms with van der Waals surface area (Å²) in [5.41, 5.74) is 4.31. The Hall–Kier alpha value is -1.01. The lowest BCUT2D eigenvalue weighted by Gasteiger charge is -2.02. The van der Waals surface area contributed by atoms with Crippen molar-refractivity contribution in [3.05, 3.63) is 18.0 Å². The topological polar surface area (TPSA) is 26.0 Å². The van der Waals surface area contributed by atoms with E-state index in [0.29, 0.717) is 0 Å². The highest BCUT2D eigenvalue weighted by Gasteiger charge is 2.06. The van der Waals surface area contributed by atoms with Crippen LogP contribution in [0.5, 0.6) is 0 Å². The molecule has 0 unspecified atom stereocenters. The summed E-state index contributed by atoms with van der Waals surface area (Å²) >= 11 is 0. The van der Waals surface area contributed by atoms with Crippen molar-refractivity contribution in [3.63, 3.8) is 0 Å². The Bertz CT molecular complexity index is 300. The molecule has 0 fully saturated rings. The molecule has 0 amide bonds. The number of aromatic nitrogens is 1. The van der Waals surface area contributed by atoms with Gasteiger partial charge in [0.1, 0.15) is 14.3 Å². The standard InChI is InChI=1S/C10H15NOSi/c1-13(2,3)9-5-4-6-10-7-8-12-11-10/h7-8H,4,6H2,1-3H3. The second-order valence-corrected chi connectivity index (χ2v) is 8.79. The second kappa shape index (κ2) is 4.29. The van der Waals surface area contributed by atoms with E-state index in [-0.39, 0.29) is 0 Å². The van der Waals surface area contributed by atoms with E-state index in [1.807, 2.05) is 6.07 Å². The van der Waals surface area contributed by atoms with Crippen molar-refractivity contribution < 1.29 is 4.52 Å². The van der Waals surface area contributed by atoms with E-state index in [9.17, 15) is 0 Å². The smallest absolute Gasteiger partial charge is 0.129 e. The molecule has 0 aromatic carbocycles. The first-order valence-electron chi connectivity index (χ1n) is 4.47. The highest BCUT2D eigenvalue weighted by Crippen LogP contribution is 2.00. The Morgan fingerprint density at radius 2 is 2.23 bits per heavy atom. The largest absolute Gasteiger partial charge is 0.365 e. The summed E-state index contributed by atoms with van der Waals surface area (Å²) in [6.45, 7) is 6.74. The van der Waals surface area contributed by atoms with Crippen molar-refractivity contribution in [2.75, 3.05) is 0 Å². The van der Waals surface area contributed by atoms with Gasteiger partial charge < -0.3 is 4.52 Å². The van der Waals surface area contributed by atoms with E-state index >= 15 is 0 Å². The maximum Gasteiger partial charge on any atom is 0.129 e. The monoisotopic (exact) mass is 193 g/mol. The van der Waals surface area contributed by atoms with Gasteiger partial charge in [0, 0.05) is 18.9 Å². The first-order chi connectivity index (χ1) is 6.08. The van der Waals surface area contributed by atoms with Crippen molar-refractivity contribution in [2.24, 2.45) is 0 Å². The molecular formula is C10H15NOSi. The van der Waals surface area contributed by atoms with E-state index in [2.05, 4.69) is 36.3 Å². The molecule has 0 spiro atoms. The summed E-state index contributed by atoms with van der Waals surface area (Å²) in [5.74, 6) is 3.19. The molecule has 0 radical (unpaired) electrons. The molecule has 3 heteroatoms. The molecule has 0 aliphatic carbocycles. The van der Waals surface area contributed by atoms with Crippen molar-refractivity contribution in [3.8, 4) is 11.5 Å². The van der Waals surface area contributed by atoms with Gasteiger partial charge in [-0.3, -0.25) is 0 Å². The first kappa shape index (κ1) is 10.1. The van der Waals surface area contributed by atoms with Gasteiger partial charge in [-0.05, 0) is 0 Å². The molecule has 0 aliphatic rings. The van der Waals surface area contributed by atoms with Crippen LogP contribution in [-0.2, 0) is 6.42 Å². The van der Waals surface area contributed by atoms with Crippen LogP contribution in [-0.4, -0.2) is 13.2 Å². The number of aryl methyl sites for hydroxylation is 1. The Kier molecular flexibility index (Phi) is 3.32. The Balaban J connectivity index is 2.32. The van der Waals surface area contributed by atoms with Crippen LogP contribution in [0.15, 0.2) is 16.9 Å². The summed E-state index contributed by atoms with van der Waals surface area (Å²) in [7, 11) is -1.18. The van der Waals surface area contributed by atoms with Crippen LogP contribution in [0.2, 0.25) is 19.6 Å². The molecule has 13 heavy (non-hydrogen) atoms. The van der Waals surface area contributed by atoms with E-state index < -0.39 is 8.07 Å². The van der Waals surface area contributed by atoms with Crippen molar-refractivity contribution in [1.82, 2.24) is 5.16 Å². The maximum atomic E-state index is 4.72. The Morgan fingerprint density at radius 3 is 2.77 bits per heavy atom.